The lowest BCUT2D eigenvalue weighted by Gasteiger charge is -2.34. The van der Waals surface area contributed by atoms with Gasteiger partial charge in [0.25, 0.3) is 11.6 Å². The first-order valence-corrected chi connectivity index (χ1v) is 10.8. The molecular formula is C25H24N2O6. The Hall–Kier alpha value is -3.49. The number of benzene rings is 2. The Kier molecular flexibility index (Phi) is 4.88. The number of hydroxylamine groups is 2. The maximum Gasteiger partial charge on any atom is 0.367 e. The van der Waals surface area contributed by atoms with Crippen LogP contribution in [0.2, 0.25) is 0 Å². The lowest BCUT2D eigenvalue weighted by molar-refractivity contribution is -0.273. The van der Waals surface area contributed by atoms with Crippen LogP contribution < -0.4 is 0 Å². The predicted molar refractivity (Wildman–Crippen MR) is 118 cm³/mol. The van der Waals surface area contributed by atoms with E-state index in [1.165, 1.54) is 11.7 Å². The zero-order valence-electron chi connectivity index (χ0n) is 18.4. The number of esters is 1. The molecular weight excluding hydrogens is 424 g/mol. The number of para-hydroxylation sites is 1. The van der Waals surface area contributed by atoms with Crippen LogP contribution in [0.15, 0.2) is 54.6 Å². The van der Waals surface area contributed by atoms with Crippen molar-refractivity contribution >= 4 is 28.7 Å². The first-order valence-electron chi connectivity index (χ1n) is 10.8. The summed E-state index contributed by atoms with van der Waals surface area (Å²) in [7, 11) is 1.22. The van der Waals surface area contributed by atoms with Crippen molar-refractivity contribution in [3.63, 3.8) is 0 Å². The number of carbonyl (C=O) groups excluding carboxylic acids is 3. The summed E-state index contributed by atoms with van der Waals surface area (Å²) in [5.41, 5.74) is -1.46. The molecule has 0 saturated heterocycles. The molecule has 1 aromatic heterocycles. The third-order valence-corrected chi connectivity index (χ3v) is 6.68. The van der Waals surface area contributed by atoms with Crippen LogP contribution >= 0.6 is 0 Å². The van der Waals surface area contributed by atoms with Gasteiger partial charge in [0.05, 0.1) is 12.6 Å². The van der Waals surface area contributed by atoms with E-state index in [1.807, 2.05) is 25.1 Å². The van der Waals surface area contributed by atoms with Crippen molar-refractivity contribution in [2.75, 3.05) is 7.11 Å². The summed E-state index contributed by atoms with van der Waals surface area (Å²) in [5.74, 6) is -1.77. The molecule has 0 bridgehead atoms. The SMILES string of the molecule is CON1C(=O)C[C@@]2(C)CCC(=O)n3c2c(c2ccccc23)[C@]1(O)C(=O)OCc1ccccc1. The van der Waals surface area contributed by atoms with Gasteiger partial charge >= 0.3 is 5.97 Å². The van der Waals surface area contributed by atoms with Gasteiger partial charge in [-0.25, -0.2) is 4.79 Å². The maximum atomic E-state index is 13.5. The smallest absolute Gasteiger partial charge is 0.367 e. The molecule has 170 valence electrons. The molecule has 1 N–H and O–H groups in total. The fraction of sp³-hybridized carbons (Fsp3) is 0.320. The molecule has 2 aromatic carbocycles. The van der Waals surface area contributed by atoms with Crippen molar-refractivity contribution in [1.82, 2.24) is 9.63 Å². The average molecular weight is 448 g/mol. The van der Waals surface area contributed by atoms with Gasteiger partial charge in [-0.2, -0.15) is 5.06 Å². The van der Waals surface area contributed by atoms with E-state index < -0.39 is 23.0 Å². The number of aromatic nitrogens is 1. The Bertz CT molecular complexity index is 1280. The molecule has 8 heteroatoms. The van der Waals surface area contributed by atoms with Gasteiger partial charge in [-0.3, -0.25) is 19.0 Å². The average Bonchev–Trinajstić information content (AvgIpc) is 3.15. The number of ether oxygens (including phenoxy) is 1. The molecule has 0 unspecified atom stereocenters. The van der Waals surface area contributed by atoms with Crippen molar-refractivity contribution < 1.29 is 29.1 Å². The Balaban J connectivity index is 1.75. The monoisotopic (exact) mass is 448 g/mol. The molecule has 2 atom stereocenters. The molecule has 0 radical (unpaired) electrons. The fourth-order valence-electron chi connectivity index (χ4n) is 5.14. The second-order valence-corrected chi connectivity index (χ2v) is 8.81. The van der Waals surface area contributed by atoms with E-state index in [2.05, 4.69) is 0 Å². The van der Waals surface area contributed by atoms with Crippen LogP contribution in [-0.4, -0.2) is 39.6 Å². The summed E-state index contributed by atoms with van der Waals surface area (Å²) >= 11 is 0. The highest BCUT2D eigenvalue weighted by atomic mass is 16.7. The maximum absolute atomic E-state index is 13.5. The highest BCUT2D eigenvalue weighted by Crippen LogP contribution is 2.50. The number of amides is 1. The highest BCUT2D eigenvalue weighted by Gasteiger charge is 2.59. The summed E-state index contributed by atoms with van der Waals surface area (Å²) in [6, 6.07) is 16.1. The predicted octanol–water partition coefficient (Wildman–Crippen LogP) is 3.02. The number of rotatable bonds is 4. The van der Waals surface area contributed by atoms with Crippen LogP contribution in [0.3, 0.4) is 0 Å². The largest absolute Gasteiger partial charge is 0.457 e. The van der Waals surface area contributed by atoms with Crippen LogP contribution in [0.25, 0.3) is 10.9 Å². The molecule has 0 aliphatic carbocycles. The van der Waals surface area contributed by atoms with Gasteiger partial charge < -0.3 is 9.84 Å². The third kappa shape index (κ3) is 3.02. The van der Waals surface area contributed by atoms with E-state index in [0.29, 0.717) is 28.1 Å². The summed E-state index contributed by atoms with van der Waals surface area (Å²) in [6.45, 7) is 1.78. The van der Waals surface area contributed by atoms with Crippen LogP contribution in [-0.2, 0) is 36.9 Å². The van der Waals surface area contributed by atoms with Crippen molar-refractivity contribution in [1.29, 1.82) is 0 Å². The minimum absolute atomic E-state index is 0.0360. The van der Waals surface area contributed by atoms with Crippen LogP contribution in [0.1, 0.15) is 47.8 Å². The van der Waals surface area contributed by atoms with Gasteiger partial charge in [-0.05, 0) is 18.1 Å². The zero-order chi connectivity index (χ0) is 23.4. The molecule has 3 aromatic rings. The lowest BCUT2D eigenvalue weighted by Crippen LogP contribution is -2.54. The van der Waals surface area contributed by atoms with Gasteiger partial charge in [0, 0.05) is 34.9 Å². The van der Waals surface area contributed by atoms with Crippen molar-refractivity contribution in [2.24, 2.45) is 0 Å². The van der Waals surface area contributed by atoms with Crippen molar-refractivity contribution in [2.45, 2.75) is 43.9 Å². The normalized spacial score (nSPS) is 24.5. The Morgan fingerprint density at radius 1 is 1.06 bits per heavy atom. The summed E-state index contributed by atoms with van der Waals surface area (Å²) in [6.07, 6.45) is 0.623. The van der Waals surface area contributed by atoms with E-state index in [4.69, 9.17) is 9.57 Å². The van der Waals surface area contributed by atoms with Gasteiger partial charge in [-0.15, -0.1) is 0 Å². The van der Waals surface area contributed by atoms with Crippen LogP contribution in [0.4, 0.5) is 0 Å². The first-order chi connectivity index (χ1) is 15.8. The summed E-state index contributed by atoms with van der Waals surface area (Å²) in [5, 5.41) is 13.2. The second-order valence-electron chi connectivity index (χ2n) is 8.81. The van der Waals surface area contributed by atoms with E-state index in [-0.39, 0.29) is 30.9 Å². The van der Waals surface area contributed by atoms with E-state index in [1.54, 1.807) is 36.4 Å². The summed E-state index contributed by atoms with van der Waals surface area (Å²) in [4.78, 5) is 45.1. The van der Waals surface area contributed by atoms with Crippen molar-refractivity contribution in [3.8, 4) is 0 Å². The quantitative estimate of drug-likeness (QED) is 0.616. The van der Waals surface area contributed by atoms with Gasteiger partial charge in [0.1, 0.15) is 6.61 Å². The Labute approximate surface area is 190 Å². The summed E-state index contributed by atoms with van der Waals surface area (Å²) < 4.78 is 7.05. The Morgan fingerprint density at radius 2 is 1.76 bits per heavy atom. The van der Waals surface area contributed by atoms with E-state index in [0.717, 1.165) is 5.56 Å². The van der Waals surface area contributed by atoms with Crippen LogP contribution in [0, 0.1) is 0 Å². The molecule has 5 rings (SSSR count). The minimum atomic E-state index is -2.57. The molecule has 2 aliphatic heterocycles. The van der Waals surface area contributed by atoms with Gasteiger partial charge in [-0.1, -0.05) is 55.5 Å². The van der Waals surface area contributed by atoms with E-state index in [9.17, 15) is 19.5 Å². The highest BCUT2D eigenvalue weighted by molar-refractivity contribution is 6.02. The van der Waals surface area contributed by atoms with Gasteiger partial charge in [0.15, 0.2) is 0 Å². The number of nitrogens with zero attached hydrogens (tertiary/aromatic N) is 2. The first kappa shape index (κ1) is 21.4. The van der Waals surface area contributed by atoms with Crippen LogP contribution in [0.5, 0.6) is 0 Å². The van der Waals surface area contributed by atoms with E-state index >= 15 is 0 Å². The van der Waals surface area contributed by atoms with Gasteiger partial charge in [0.2, 0.25) is 5.91 Å². The molecule has 0 spiro atoms. The minimum Gasteiger partial charge on any atom is -0.457 e. The molecule has 2 aliphatic rings. The fourth-order valence-corrected chi connectivity index (χ4v) is 5.14. The molecule has 0 fully saturated rings. The molecule has 0 saturated carbocycles. The number of aliphatic hydroxyl groups is 1. The third-order valence-electron chi connectivity index (χ3n) is 6.68. The molecule has 8 nitrogen and oxygen atoms in total. The number of carbonyl (C=O) groups is 3. The second kappa shape index (κ2) is 7.54. The standard InChI is InChI=1S/C25H24N2O6/c1-24-13-12-19(28)26-18-11-7-6-10-17(18)21(22(24)26)25(31,27(32-2)20(29)14-24)23(30)33-15-16-8-4-3-5-9-16/h3-11,31H,12-15H2,1-2H3/t24-,25+/m1/s1. The Morgan fingerprint density at radius 3 is 2.48 bits per heavy atom. The number of fused-ring (bicyclic) bond motifs is 3. The zero-order valence-corrected chi connectivity index (χ0v) is 18.4. The topological polar surface area (TPSA) is 98.1 Å². The number of hydrogen-bond donors (Lipinski definition) is 1. The lowest BCUT2D eigenvalue weighted by atomic mass is 9.75. The van der Waals surface area contributed by atoms with Crippen molar-refractivity contribution in [3.05, 3.63) is 71.4 Å². The molecule has 3 heterocycles. The molecule has 1 amide bonds. The number of hydrogen-bond acceptors (Lipinski definition) is 6. The molecule has 33 heavy (non-hydrogen) atoms.